The molecule has 4 aromatic rings. The van der Waals surface area contributed by atoms with E-state index in [-0.39, 0.29) is 11.7 Å². The fourth-order valence-electron chi connectivity index (χ4n) is 2.70. The molecule has 0 bridgehead atoms. The highest BCUT2D eigenvalue weighted by Crippen LogP contribution is 2.32. The molecule has 1 N–H and O–H groups in total. The molecule has 2 aromatic heterocycles. The molecule has 0 aliphatic rings. The van der Waals surface area contributed by atoms with Crippen molar-refractivity contribution in [3.05, 3.63) is 91.5 Å². The van der Waals surface area contributed by atoms with Gasteiger partial charge in [-0.3, -0.25) is 10.1 Å². The minimum absolute atomic E-state index is 0.177. The van der Waals surface area contributed by atoms with Gasteiger partial charge in [0.2, 0.25) is 0 Å². The Morgan fingerprint density at radius 2 is 1.90 bits per heavy atom. The third-order valence-electron chi connectivity index (χ3n) is 4.09. The molecule has 0 radical (unpaired) electrons. The van der Waals surface area contributed by atoms with Gasteiger partial charge in [0.1, 0.15) is 5.76 Å². The van der Waals surface area contributed by atoms with E-state index in [1.54, 1.807) is 36.5 Å². The number of hydrogen-bond acceptors (Lipinski definition) is 4. The number of carbonyl (C=O) groups is 1. The third-order valence-corrected chi connectivity index (χ3v) is 6.08. The summed E-state index contributed by atoms with van der Waals surface area (Å²) in [5.74, 6) is 0.299. The van der Waals surface area contributed by atoms with Gasteiger partial charge in [0.25, 0.3) is 5.91 Å². The van der Waals surface area contributed by atoms with Gasteiger partial charge >= 0.3 is 0 Å². The van der Waals surface area contributed by atoms with Crippen molar-refractivity contribution in [3.8, 4) is 11.3 Å². The summed E-state index contributed by atoms with van der Waals surface area (Å²) in [5, 5.41) is 4.28. The van der Waals surface area contributed by atoms with E-state index in [1.807, 2.05) is 24.3 Å². The summed E-state index contributed by atoms with van der Waals surface area (Å²) in [7, 11) is 0. The quantitative estimate of drug-likeness (QED) is 0.308. The molecule has 4 nitrogen and oxygen atoms in total. The fraction of sp³-hybridized carbons (Fsp3) is 0.0476. The van der Waals surface area contributed by atoms with E-state index in [1.165, 1.54) is 16.9 Å². The molecular weight excluding hydrogens is 495 g/mol. The van der Waals surface area contributed by atoms with Crippen LogP contribution in [0.3, 0.4) is 0 Å². The Hall–Kier alpha value is -2.12. The Morgan fingerprint density at radius 3 is 2.66 bits per heavy atom. The van der Waals surface area contributed by atoms with Crippen molar-refractivity contribution in [1.29, 1.82) is 0 Å². The molecule has 146 valence electrons. The van der Waals surface area contributed by atoms with Crippen LogP contribution in [-0.4, -0.2) is 10.9 Å². The predicted octanol–water partition coefficient (Wildman–Crippen LogP) is 7.32. The molecule has 0 fully saturated rings. The highest BCUT2D eigenvalue weighted by atomic mass is 79.9. The highest BCUT2D eigenvalue weighted by Gasteiger charge is 2.16. The zero-order chi connectivity index (χ0) is 20.4. The second kappa shape index (κ2) is 8.71. The first-order chi connectivity index (χ1) is 14.0. The maximum absolute atomic E-state index is 12.5. The average molecular weight is 508 g/mol. The molecule has 2 heterocycles. The molecule has 0 aliphatic carbocycles. The normalized spacial score (nSPS) is 10.9. The van der Waals surface area contributed by atoms with E-state index < -0.39 is 0 Å². The topological polar surface area (TPSA) is 55.1 Å². The predicted molar refractivity (Wildman–Crippen MR) is 121 cm³/mol. The second-order valence-corrected chi connectivity index (χ2v) is 9.05. The number of halogens is 3. The third kappa shape index (κ3) is 4.90. The van der Waals surface area contributed by atoms with Gasteiger partial charge < -0.3 is 4.42 Å². The molecule has 0 saturated carbocycles. The number of rotatable bonds is 5. The van der Waals surface area contributed by atoms with E-state index >= 15 is 0 Å². The molecular formula is C21H13BrCl2N2O2S. The van der Waals surface area contributed by atoms with E-state index in [4.69, 9.17) is 27.6 Å². The van der Waals surface area contributed by atoms with Crippen LogP contribution in [0.15, 0.2) is 69.7 Å². The number of nitrogens with zero attached hydrogens (tertiary/aromatic N) is 1. The number of aromatic nitrogens is 1. The molecule has 4 rings (SSSR count). The Bertz CT molecular complexity index is 1170. The van der Waals surface area contributed by atoms with Crippen molar-refractivity contribution in [1.82, 2.24) is 4.98 Å². The largest absolute Gasteiger partial charge is 0.451 e. The average Bonchev–Trinajstić information content (AvgIpc) is 3.33. The smallest absolute Gasteiger partial charge is 0.293 e. The summed E-state index contributed by atoms with van der Waals surface area (Å²) in [5.41, 5.74) is 1.84. The summed E-state index contributed by atoms with van der Waals surface area (Å²) in [6.07, 6.45) is 2.52. The summed E-state index contributed by atoms with van der Waals surface area (Å²) in [6, 6.07) is 16.5. The number of amides is 1. The lowest BCUT2D eigenvalue weighted by Crippen LogP contribution is -2.10. The zero-order valence-corrected chi connectivity index (χ0v) is 18.7. The van der Waals surface area contributed by atoms with Crippen LogP contribution in [0, 0.1) is 0 Å². The van der Waals surface area contributed by atoms with Gasteiger partial charge in [-0.05, 0) is 48.0 Å². The SMILES string of the molecule is O=C(Nc1ncc(Cc2ccc(Br)cc2)s1)c1ccc(-c2ccc(Cl)cc2Cl)o1. The minimum Gasteiger partial charge on any atom is -0.451 e. The number of hydrogen-bond donors (Lipinski definition) is 1. The number of thiazole rings is 1. The number of benzene rings is 2. The first-order valence-electron chi connectivity index (χ1n) is 8.54. The van der Waals surface area contributed by atoms with Crippen molar-refractivity contribution in [2.24, 2.45) is 0 Å². The Balaban J connectivity index is 1.44. The first kappa shape index (κ1) is 20.2. The van der Waals surface area contributed by atoms with Crippen LogP contribution in [0.4, 0.5) is 5.13 Å². The fourth-order valence-corrected chi connectivity index (χ4v) is 4.31. The van der Waals surface area contributed by atoms with E-state index in [9.17, 15) is 4.79 Å². The molecule has 1 amide bonds. The van der Waals surface area contributed by atoms with Crippen LogP contribution in [0.5, 0.6) is 0 Å². The summed E-state index contributed by atoms with van der Waals surface area (Å²) in [4.78, 5) is 17.8. The lowest BCUT2D eigenvalue weighted by molar-refractivity contribution is 0.0997. The summed E-state index contributed by atoms with van der Waals surface area (Å²) in [6.45, 7) is 0. The maximum Gasteiger partial charge on any atom is 0.293 e. The van der Waals surface area contributed by atoms with Crippen molar-refractivity contribution in [2.45, 2.75) is 6.42 Å². The van der Waals surface area contributed by atoms with Crippen molar-refractivity contribution >= 4 is 61.5 Å². The van der Waals surface area contributed by atoms with Gasteiger partial charge in [0.15, 0.2) is 10.9 Å². The standard InChI is InChI=1S/C21H13BrCl2N2O2S/c22-13-3-1-12(2-4-13)9-15-11-25-21(29-15)26-20(27)19-8-7-18(28-19)16-6-5-14(23)10-17(16)24/h1-8,10-11H,9H2,(H,25,26,27). The van der Waals surface area contributed by atoms with E-state index in [0.717, 1.165) is 15.8 Å². The summed E-state index contributed by atoms with van der Waals surface area (Å²) < 4.78 is 6.71. The van der Waals surface area contributed by atoms with Gasteiger partial charge in [-0.1, -0.05) is 51.3 Å². The molecule has 2 aromatic carbocycles. The van der Waals surface area contributed by atoms with Crippen LogP contribution in [0.1, 0.15) is 21.0 Å². The second-order valence-electron chi connectivity index (χ2n) is 6.18. The van der Waals surface area contributed by atoms with Crippen molar-refractivity contribution < 1.29 is 9.21 Å². The zero-order valence-electron chi connectivity index (χ0n) is 14.8. The van der Waals surface area contributed by atoms with Gasteiger partial charge in [-0.15, -0.1) is 11.3 Å². The van der Waals surface area contributed by atoms with Crippen LogP contribution >= 0.6 is 50.5 Å². The Kier molecular flexibility index (Phi) is 6.06. The molecule has 29 heavy (non-hydrogen) atoms. The molecule has 0 atom stereocenters. The Morgan fingerprint density at radius 1 is 1.10 bits per heavy atom. The highest BCUT2D eigenvalue weighted by molar-refractivity contribution is 9.10. The maximum atomic E-state index is 12.5. The van der Waals surface area contributed by atoms with E-state index in [2.05, 4.69) is 26.2 Å². The van der Waals surface area contributed by atoms with E-state index in [0.29, 0.717) is 26.5 Å². The number of anilines is 1. The lowest BCUT2D eigenvalue weighted by Gasteiger charge is -2.02. The minimum atomic E-state index is -0.370. The number of furan rings is 1. The van der Waals surface area contributed by atoms with Crippen LogP contribution < -0.4 is 5.32 Å². The molecule has 0 spiro atoms. The lowest BCUT2D eigenvalue weighted by atomic mass is 10.1. The molecule has 0 aliphatic heterocycles. The van der Waals surface area contributed by atoms with Gasteiger partial charge in [-0.2, -0.15) is 0 Å². The van der Waals surface area contributed by atoms with Crippen LogP contribution in [0.2, 0.25) is 10.0 Å². The molecule has 8 heteroatoms. The van der Waals surface area contributed by atoms with Gasteiger partial charge in [0, 0.05) is 32.6 Å². The van der Waals surface area contributed by atoms with Gasteiger partial charge in [-0.25, -0.2) is 4.98 Å². The first-order valence-corrected chi connectivity index (χ1v) is 10.9. The van der Waals surface area contributed by atoms with Crippen LogP contribution in [0.25, 0.3) is 11.3 Å². The number of nitrogens with one attached hydrogen (secondary N) is 1. The van der Waals surface area contributed by atoms with Crippen molar-refractivity contribution in [3.63, 3.8) is 0 Å². The molecule has 0 saturated heterocycles. The summed E-state index contributed by atoms with van der Waals surface area (Å²) >= 11 is 17.0. The van der Waals surface area contributed by atoms with Crippen molar-refractivity contribution in [2.75, 3.05) is 5.32 Å². The number of carbonyl (C=O) groups excluding carboxylic acids is 1. The monoisotopic (exact) mass is 506 g/mol. The van der Waals surface area contributed by atoms with Gasteiger partial charge in [0.05, 0.1) is 5.02 Å². The van der Waals surface area contributed by atoms with Crippen LogP contribution in [-0.2, 0) is 6.42 Å². The molecule has 0 unspecified atom stereocenters. The Labute approximate surface area is 189 Å².